The van der Waals surface area contributed by atoms with E-state index in [1.165, 1.54) is 38.5 Å². The minimum Gasteiger partial charge on any atom is -0.462 e. The van der Waals surface area contributed by atoms with Gasteiger partial charge < -0.3 is 33.8 Å². The zero-order chi connectivity index (χ0) is 80.3. The third kappa shape index (κ3) is 79.7. The number of esters is 4. The quantitative estimate of drug-likeness (QED) is 0.0169. The van der Waals surface area contributed by atoms with Crippen molar-refractivity contribution in [2.24, 2.45) is 0 Å². The van der Waals surface area contributed by atoms with Crippen LogP contribution < -0.4 is 0 Å². The Kier molecular flexibility index (Phi) is 76.0. The highest BCUT2D eigenvalue weighted by atomic mass is 31.2. The highest BCUT2D eigenvalue weighted by Crippen LogP contribution is 2.45. The highest BCUT2D eigenvalue weighted by molar-refractivity contribution is 7.47. The number of unbranched alkanes of at least 4 members (excludes halogenated alkanes) is 15. The van der Waals surface area contributed by atoms with Crippen LogP contribution in [0.15, 0.2) is 207 Å². The van der Waals surface area contributed by atoms with Crippen molar-refractivity contribution in [2.45, 2.75) is 303 Å². The standard InChI is InChI=1S/C91H144O17P2/c1-5-9-13-17-21-25-29-33-37-40-42-45-48-51-55-59-63-67-71-75-88(93)101-81-86(107-90(95)77-73-69-65-61-57-53-47-36-32-28-24-20-16-12-8-4)83-105-109(97,98)103-79-85(92)80-104-110(99,100)106-84-87(108-91(96)78-74-70-66-62-58-54-50-44-39-35-31-27-23-19-15-11-7-3)82-102-89(94)76-72-68-64-60-56-52-49-46-43-41-38-34-30-26-22-18-14-10-6-2/h9-11,13-15,21-23,25-27,33-39,42-43,45-47,50-52,54-56,62,64,66,68,85-87,92H,5-8,12,16-20,24,28-32,40-41,44,48-49,53,57-61,63,65,67,69-84H2,1-4H3,(H,97,98)(H,99,100)/b13-9-,14-10-,15-11-,25-21-,26-22-,27-23-,37-33-,38-34-,39-35-,45-42-,46-43-,47-36-,54-50-,55-51-,56-52-,66-62-,68-64-. The van der Waals surface area contributed by atoms with E-state index < -0.39 is 97.5 Å². The predicted octanol–water partition coefficient (Wildman–Crippen LogP) is 24.7. The fourth-order valence-corrected chi connectivity index (χ4v) is 11.6. The number of carbonyl (C=O) groups is 4. The molecule has 0 radical (unpaired) electrons. The van der Waals surface area contributed by atoms with Crippen LogP contribution in [0.1, 0.15) is 285 Å². The minimum absolute atomic E-state index is 0.00886. The molecule has 0 aromatic rings. The number of hydrogen-bond acceptors (Lipinski definition) is 15. The fraction of sp³-hybridized carbons (Fsp3) is 0.582. The van der Waals surface area contributed by atoms with Crippen molar-refractivity contribution < 1.29 is 80.2 Å². The van der Waals surface area contributed by atoms with Gasteiger partial charge >= 0.3 is 39.5 Å². The Morgan fingerprint density at radius 2 is 0.500 bits per heavy atom. The maximum Gasteiger partial charge on any atom is 0.472 e. The van der Waals surface area contributed by atoms with Crippen molar-refractivity contribution in [3.05, 3.63) is 207 Å². The number of ether oxygens (including phenoxy) is 4. The van der Waals surface area contributed by atoms with E-state index >= 15 is 0 Å². The average Bonchev–Trinajstić information content (AvgIpc) is 0.906. The Morgan fingerprint density at radius 1 is 0.264 bits per heavy atom. The molecule has 5 unspecified atom stereocenters. The third-order valence-electron chi connectivity index (χ3n) is 16.2. The first-order valence-electron chi connectivity index (χ1n) is 41.3. The number of allylic oxidation sites excluding steroid dienone is 34. The SMILES string of the molecule is CC/C=C\C/C=C\C/C=C\C/C=C\C/C=C\C/C=C\CCC(=O)OCC(COP(=O)(O)OCC(O)COP(=O)(O)OCC(COC(=O)CCCCC/C=C\C/C=C\C/C=C\C/C=C\C/C=C\CC)OC(=O)CCCCCCC/C=C\CCCCCCCC)OC(=O)CCC/C=C\C/C=C\C/C=C\C/C=C\C/C=C\CC. The van der Waals surface area contributed by atoms with Crippen molar-refractivity contribution in [3.63, 3.8) is 0 Å². The summed E-state index contributed by atoms with van der Waals surface area (Å²) in [7, 11) is -10.0. The number of phosphoric ester groups is 2. The largest absolute Gasteiger partial charge is 0.472 e. The van der Waals surface area contributed by atoms with Crippen LogP contribution in [0.2, 0.25) is 0 Å². The molecule has 0 fully saturated rings. The van der Waals surface area contributed by atoms with Crippen LogP contribution >= 0.6 is 15.6 Å². The van der Waals surface area contributed by atoms with Crippen molar-refractivity contribution in [1.29, 1.82) is 0 Å². The normalized spacial score (nSPS) is 14.9. The molecule has 19 heteroatoms. The van der Waals surface area contributed by atoms with Gasteiger partial charge in [-0.3, -0.25) is 37.3 Å². The molecule has 0 saturated carbocycles. The van der Waals surface area contributed by atoms with Crippen LogP contribution in [0.25, 0.3) is 0 Å². The molecule has 0 rings (SSSR count). The number of carbonyl (C=O) groups excluding carboxylic acids is 4. The molecule has 620 valence electrons. The molecular weight excluding hydrogens is 1430 g/mol. The summed E-state index contributed by atoms with van der Waals surface area (Å²) in [5.74, 6) is -2.41. The summed E-state index contributed by atoms with van der Waals surface area (Å²) < 4.78 is 68.5. The van der Waals surface area contributed by atoms with Crippen LogP contribution in [0.4, 0.5) is 0 Å². The van der Waals surface area contributed by atoms with Gasteiger partial charge in [0.2, 0.25) is 0 Å². The molecule has 0 spiro atoms. The Balaban J connectivity index is 5.55. The summed E-state index contributed by atoms with van der Waals surface area (Å²) in [6.07, 6.45) is 101. The van der Waals surface area contributed by atoms with E-state index in [-0.39, 0.29) is 25.7 Å². The Morgan fingerprint density at radius 3 is 0.836 bits per heavy atom. The fourth-order valence-electron chi connectivity index (χ4n) is 10.1. The lowest BCUT2D eigenvalue weighted by Crippen LogP contribution is -2.30. The van der Waals surface area contributed by atoms with Gasteiger partial charge in [-0.1, -0.05) is 292 Å². The van der Waals surface area contributed by atoms with Gasteiger partial charge in [0, 0.05) is 25.7 Å². The summed E-state index contributed by atoms with van der Waals surface area (Å²) in [5.41, 5.74) is 0. The third-order valence-corrected chi connectivity index (χ3v) is 18.1. The number of hydrogen-bond donors (Lipinski definition) is 3. The first-order valence-corrected chi connectivity index (χ1v) is 44.3. The van der Waals surface area contributed by atoms with Crippen molar-refractivity contribution in [1.82, 2.24) is 0 Å². The van der Waals surface area contributed by atoms with Crippen LogP contribution in [-0.4, -0.2) is 96.7 Å². The molecule has 3 N–H and O–H groups in total. The van der Waals surface area contributed by atoms with Gasteiger partial charge in [0.05, 0.1) is 26.4 Å². The number of phosphoric acid groups is 2. The van der Waals surface area contributed by atoms with Crippen molar-refractivity contribution >= 4 is 39.5 Å². The maximum atomic E-state index is 13.1. The number of aliphatic hydroxyl groups excluding tert-OH is 1. The molecule has 0 saturated heterocycles. The minimum atomic E-state index is -5.03. The van der Waals surface area contributed by atoms with Crippen LogP contribution in [-0.2, 0) is 65.4 Å². The van der Waals surface area contributed by atoms with E-state index in [1.807, 2.05) is 30.4 Å². The maximum absolute atomic E-state index is 13.1. The molecule has 0 aromatic carbocycles. The molecule has 0 aliphatic carbocycles. The molecule has 0 heterocycles. The van der Waals surface area contributed by atoms with E-state index in [9.17, 15) is 43.2 Å². The van der Waals surface area contributed by atoms with Crippen LogP contribution in [0.5, 0.6) is 0 Å². The summed E-state index contributed by atoms with van der Waals surface area (Å²) in [4.78, 5) is 73.1. The lowest BCUT2D eigenvalue weighted by molar-refractivity contribution is -0.161. The van der Waals surface area contributed by atoms with Crippen molar-refractivity contribution in [3.8, 4) is 0 Å². The van der Waals surface area contributed by atoms with Gasteiger partial charge in [0.25, 0.3) is 0 Å². The Labute approximate surface area is 665 Å². The lowest BCUT2D eigenvalue weighted by Gasteiger charge is -2.21. The Bertz CT molecular complexity index is 2900. The van der Waals surface area contributed by atoms with Crippen LogP contribution in [0, 0.1) is 0 Å². The van der Waals surface area contributed by atoms with E-state index in [2.05, 4.69) is 204 Å². The predicted molar refractivity (Wildman–Crippen MR) is 454 cm³/mol. The van der Waals surface area contributed by atoms with E-state index in [0.29, 0.717) is 38.5 Å². The van der Waals surface area contributed by atoms with Gasteiger partial charge in [-0.05, 0) is 173 Å². The second-order valence-corrected chi connectivity index (χ2v) is 29.5. The number of aliphatic hydroxyl groups is 1. The van der Waals surface area contributed by atoms with Gasteiger partial charge in [0.15, 0.2) is 12.2 Å². The first-order chi connectivity index (χ1) is 53.7. The molecule has 0 amide bonds. The molecule has 110 heavy (non-hydrogen) atoms. The average molecular weight is 1570 g/mol. The van der Waals surface area contributed by atoms with Crippen LogP contribution in [0.3, 0.4) is 0 Å². The van der Waals surface area contributed by atoms with E-state index in [0.717, 1.165) is 154 Å². The van der Waals surface area contributed by atoms with E-state index in [1.54, 1.807) is 0 Å². The van der Waals surface area contributed by atoms with Gasteiger partial charge in [-0.15, -0.1) is 0 Å². The molecular formula is C91H144O17P2. The topological polar surface area (TPSA) is 237 Å². The zero-order valence-corrected chi connectivity index (χ0v) is 69.6. The van der Waals surface area contributed by atoms with Crippen molar-refractivity contribution in [2.75, 3.05) is 39.6 Å². The molecule has 17 nitrogen and oxygen atoms in total. The smallest absolute Gasteiger partial charge is 0.462 e. The second kappa shape index (κ2) is 80.7. The number of rotatable bonds is 75. The summed E-state index contributed by atoms with van der Waals surface area (Å²) in [6.45, 7) is 4.31. The first kappa shape index (κ1) is 104. The summed E-state index contributed by atoms with van der Waals surface area (Å²) in [5, 5.41) is 10.7. The molecule has 0 aliphatic rings. The van der Waals surface area contributed by atoms with Gasteiger partial charge in [0.1, 0.15) is 19.3 Å². The highest BCUT2D eigenvalue weighted by Gasteiger charge is 2.30. The summed E-state index contributed by atoms with van der Waals surface area (Å²) in [6, 6.07) is 0. The second-order valence-electron chi connectivity index (χ2n) is 26.6. The van der Waals surface area contributed by atoms with Gasteiger partial charge in [-0.2, -0.15) is 0 Å². The summed E-state index contributed by atoms with van der Waals surface area (Å²) >= 11 is 0. The molecule has 0 aromatic heterocycles. The molecule has 0 bridgehead atoms. The molecule has 5 atom stereocenters. The lowest BCUT2D eigenvalue weighted by atomic mass is 10.1. The Hall–Kier alpha value is -6.36. The van der Waals surface area contributed by atoms with Gasteiger partial charge in [-0.25, -0.2) is 9.13 Å². The molecule has 0 aliphatic heterocycles. The van der Waals surface area contributed by atoms with E-state index in [4.69, 9.17) is 37.0 Å². The monoisotopic (exact) mass is 1570 g/mol. The zero-order valence-electron chi connectivity index (χ0n) is 67.8.